The van der Waals surface area contributed by atoms with Crippen LogP contribution in [0, 0.1) is 5.92 Å². The van der Waals surface area contributed by atoms with E-state index < -0.39 is 0 Å². The lowest BCUT2D eigenvalue weighted by atomic mass is 9.90. The molecule has 6 heteroatoms. The Morgan fingerprint density at radius 1 is 1.31 bits per heavy atom. The Balaban J connectivity index is 1.47. The van der Waals surface area contributed by atoms with Crippen molar-refractivity contribution in [3.8, 4) is 5.75 Å². The molecular weight excluding hydrogens is 396 g/mol. The van der Waals surface area contributed by atoms with Gasteiger partial charge < -0.3 is 14.4 Å². The standard InChI is InChI=1S/C20H29BrN2O3/c1-14(2)23-13-18(26-20(23)24)12-22-8-6-15(7-9-22)10-16-11-17(25-3)4-5-19(16)21/h4-5,11,14-15,18H,6-10,12-13H2,1-3H3. The summed E-state index contributed by atoms with van der Waals surface area (Å²) in [5.41, 5.74) is 1.32. The molecule has 0 aromatic heterocycles. The third-order valence-electron chi connectivity index (χ3n) is 5.46. The topological polar surface area (TPSA) is 42.0 Å². The highest BCUT2D eigenvalue weighted by Crippen LogP contribution is 2.29. The lowest BCUT2D eigenvalue weighted by Gasteiger charge is -2.33. The van der Waals surface area contributed by atoms with Gasteiger partial charge >= 0.3 is 6.09 Å². The number of cyclic esters (lactones) is 1. The third-order valence-corrected chi connectivity index (χ3v) is 6.23. The number of likely N-dealkylation sites (tertiary alicyclic amines) is 1. The summed E-state index contributed by atoms with van der Waals surface area (Å²) in [5.74, 6) is 1.60. The summed E-state index contributed by atoms with van der Waals surface area (Å²) in [4.78, 5) is 16.1. The van der Waals surface area contributed by atoms with Crippen LogP contribution in [0.5, 0.6) is 5.75 Å². The number of carbonyl (C=O) groups is 1. The summed E-state index contributed by atoms with van der Waals surface area (Å²) in [6.07, 6.45) is 3.28. The predicted molar refractivity (Wildman–Crippen MR) is 106 cm³/mol. The van der Waals surface area contributed by atoms with Crippen molar-refractivity contribution in [1.82, 2.24) is 9.80 Å². The summed E-state index contributed by atoms with van der Waals surface area (Å²) < 4.78 is 12.0. The molecule has 1 aromatic rings. The normalized spacial score (nSPS) is 22.1. The number of hydrogen-bond acceptors (Lipinski definition) is 4. The van der Waals surface area contributed by atoms with Crippen molar-refractivity contribution in [2.75, 3.05) is 33.3 Å². The smallest absolute Gasteiger partial charge is 0.410 e. The first-order valence-electron chi connectivity index (χ1n) is 9.48. The largest absolute Gasteiger partial charge is 0.497 e. The molecule has 3 rings (SSSR count). The second kappa shape index (κ2) is 8.61. The van der Waals surface area contributed by atoms with E-state index in [1.54, 1.807) is 7.11 Å². The second-order valence-electron chi connectivity index (χ2n) is 7.66. The maximum Gasteiger partial charge on any atom is 0.410 e. The van der Waals surface area contributed by atoms with Crippen LogP contribution in [-0.4, -0.2) is 61.3 Å². The fourth-order valence-electron chi connectivity index (χ4n) is 3.86. The van der Waals surface area contributed by atoms with E-state index in [9.17, 15) is 4.79 Å². The van der Waals surface area contributed by atoms with Gasteiger partial charge in [-0.05, 0) is 75.9 Å². The SMILES string of the molecule is COc1ccc(Br)c(CC2CCN(CC3CN(C(C)C)C(=O)O3)CC2)c1. The first kappa shape index (κ1) is 19.5. The van der Waals surface area contributed by atoms with E-state index in [0.29, 0.717) is 12.5 Å². The lowest BCUT2D eigenvalue weighted by molar-refractivity contribution is 0.0901. The number of hydrogen-bond donors (Lipinski definition) is 0. The van der Waals surface area contributed by atoms with Gasteiger partial charge in [0, 0.05) is 17.1 Å². The van der Waals surface area contributed by atoms with Gasteiger partial charge in [-0.2, -0.15) is 0 Å². The minimum atomic E-state index is -0.164. The number of carbonyl (C=O) groups excluding carboxylic acids is 1. The molecule has 0 radical (unpaired) electrons. The monoisotopic (exact) mass is 424 g/mol. The third kappa shape index (κ3) is 4.71. The summed E-state index contributed by atoms with van der Waals surface area (Å²) >= 11 is 3.66. The first-order chi connectivity index (χ1) is 12.5. The number of amides is 1. The number of rotatable bonds is 6. The van der Waals surface area contributed by atoms with Crippen LogP contribution in [0.4, 0.5) is 4.79 Å². The van der Waals surface area contributed by atoms with Crippen LogP contribution in [-0.2, 0) is 11.2 Å². The summed E-state index contributed by atoms with van der Waals surface area (Å²) in [6, 6.07) is 6.40. The van der Waals surface area contributed by atoms with Crippen LogP contribution >= 0.6 is 15.9 Å². The Labute approximate surface area is 164 Å². The van der Waals surface area contributed by atoms with Gasteiger partial charge in [0.2, 0.25) is 0 Å². The number of ether oxygens (including phenoxy) is 2. The van der Waals surface area contributed by atoms with Crippen LogP contribution in [0.25, 0.3) is 0 Å². The summed E-state index contributed by atoms with van der Waals surface area (Å²) in [5, 5.41) is 0. The van der Waals surface area contributed by atoms with Crippen molar-refractivity contribution in [2.45, 2.75) is 45.3 Å². The minimum absolute atomic E-state index is 0.00831. The van der Waals surface area contributed by atoms with E-state index in [1.165, 1.54) is 18.4 Å². The highest BCUT2D eigenvalue weighted by Gasteiger charge is 2.34. The summed E-state index contributed by atoms with van der Waals surface area (Å²) in [6.45, 7) is 7.78. The highest BCUT2D eigenvalue weighted by molar-refractivity contribution is 9.10. The van der Waals surface area contributed by atoms with Crippen molar-refractivity contribution in [2.24, 2.45) is 5.92 Å². The summed E-state index contributed by atoms with van der Waals surface area (Å²) in [7, 11) is 1.71. The molecule has 1 amide bonds. The predicted octanol–water partition coefficient (Wildman–Crippen LogP) is 3.94. The van der Waals surface area contributed by atoms with E-state index in [-0.39, 0.29) is 18.2 Å². The average molecular weight is 425 g/mol. The van der Waals surface area contributed by atoms with Crippen molar-refractivity contribution in [3.63, 3.8) is 0 Å². The molecule has 1 aromatic carbocycles. The highest BCUT2D eigenvalue weighted by atomic mass is 79.9. The molecule has 2 heterocycles. The van der Waals surface area contributed by atoms with Gasteiger partial charge in [-0.1, -0.05) is 15.9 Å². The zero-order chi connectivity index (χ0) is 18.7. The molecule has 2 aliphatic heterocycles. The van der Waals surface area contributed by atoms with Gasteiger partial charge in [-0.3, -0.25) is 4.90 Å². The second-order valence-corrected chi connectivity index (χ2v) is 8.51. The zero-order valence-electron chi connectivity index (χ0n) is 15.9. The minimum Gasteiger partial charge on any atom is -0.497 e. The van der Waals surface area contributed by atoms with E-state index in [2.05, 4.69) is 33.0 Å². The van der Waals surface area contributed by atoms with Crippen LogP contribution in [0.15, 0.2) is 22.7 Å². The first-order valence-corrected chi connectivity index (χ1v) is 10.3. The van der Waals surface area contributed by atoms with Gasteiger partial charge in [0.25, 0.3) is 0 Å². The van der Waals surface area contributed by atoms with Crippen LogP contribution in [0.1, 0.15) is 32.3 Å². The van der Waals surface area contributed by atoms with Crippen molar-refractivity contribution in [3.05, 3.63) is 28.2 Å². The Morgan fingerprint density at radius 3 is 2.65 bits per heavy atom. The molecule has 0 N–H and O–H groups in total. The van der Waals surface area contributed by atoms with Crippen molar-refractivity contribution < 1.29 is 14.3 Å². The fourth-order valence-corrected chi connectivity index (χ4v) is 4.27. The number of halogens is 1. The lowest BCUT2D eigenvalue weighted by Crippen LogP contribution is -2.41. The van der Waals surface area contributed by atoms with E-state index >= 15 is 0 Å². The number of methoxy groups -OCH3 is 1. The maximum absolute atomic E-state index is 11.9. The molecule has 5 nitrogen and oxygen atoms in total. The van der Waals surface area contributed by atoms with Gasteiger partial charge in [-0.15, -0.1) is 0 Å². The quantitative estimate of drug-likeness (QED) is 0.693. The van der Waals surface area contributed by atoms with Gasteiger partial charge in [0.05, 0.1) is 13.7 Å². The Hall–Kier alpha value is -1.27. The fraction of sp³-hybridized carbons (Fsp3) is 0.650. The molecule has 0 aliphatic carbocycles. The molecule has 0 spiro atoms. The average Bonchev–Trinajstić information content (AvgIpc) is 2.99. The Morgan fingerprint density at radius 2 is 2.04 bits per heavy atom. The van der Waals surface area contributed by atoms with Crippen molar-refractivity contribution >= 4 is 22.0 Å². The molecule has 1 atom stereocenters. The van der Waals surface area contributed by atoms with Crippen LogP contribution in [0.3, 0.4) is 0 Å². The Bertz CT molecular complexity index is 629. The molecule has 0 saturated carbocycles. The molecule has 144 valence electrons. The molecular formula is C20H29BrN2O3. The van der Waals surface area contributed by atoms with Gasteiger partial charge in [-0.25, -0.2) is 4.79 Å². The molecule has 2 aliphatic rings. The molecule has 1 unspecified atom stereocenters. The molecule has 2 fully saturated rings. The van der Waals surface area contributed by atoms with Gasteiger partial charge in [0.15, 0.2) is 0 Å². The molecule has 0 bridgehead atoms. The molecule has 26 heavy (non-hydrogen) atoms. The van der Waals surface area contributed by atoms with Crippen LogP contribution < -0.4 is 4.74 Å². The Kier molecular flexibility index (Phi) is 6.46. The van der Waals surface area contributed by atoms with Crippen LogP contribution in [0.2, 0.25) is 0 Å². The maximum atomic E-state index is 11.9. The van der Waals surface area contributed by atoms with Gasteiger partial charge in [0.1, 0.15) is 11.9 Å². The zero-order valence-corrected chi connectivity index (χ0v) is 17.5. The van der Waals surface area contributed by atoms with Crippen molar-refractivity contribution in [1.29, 1.82) is 0 Å². The van der Waals surface area contributed by atoms with E-state index in [1.807, 2.05) is 24.8 Å². The number of nitrogens with zero attached hydrogens (tertiary/aromatic N) is 2. The molecule has 2 saturated heterocycles. The number of benzene rings is 1. The van der Waals surface area contributed by atoms with E-state index in [4.69, 9.17) is 9.47 Å². The van der Waals surface area contributed by atoms with E-state index in [0.717, 1.165) is 36.3 Å². The number of piperidine rings is 1.